The molecule has 2 rings (SSSR count). The zero-order chi connectivity index (χ0) is 16.1. The van der Waals surface area contributed by atoms with Crippen LogP contribution in [0.25, 0.3) is 0 Å². The van der Waals surface area contributed by atoms with Crippen LogP contribution in [0.3, 0.4) is 0 Å². The van der Waals surface area contributed by atoms with E-state index in [1.54, 1.807) is 18.5 Å². The Labute approximate surface area is 126 Å². The van der Waals surface area contributed by atoms with Crippen molar-refractivity contribution in [1.82, 2.24) is 15.1 Å². The summed E-state index contributed by atoms with van der Waals surface area (Å²) >= 11 is 0. The molecule has 1 heterocycles. The summed E-state index contributed by atoms with van der Waals surface area (Å²) < 4.78 is 34.0. The molecule has 118 valence electrons. The predicted molar refractivity (Wildman–Crippen MR) is 76.3 cm³/mol. The van der Waals surface area contributed by atoms with Gasteiger partial charge in [0.1, 0.15) is 11.9 Å². The summed E-state index contributed by atoms with van der Waals surface area (Å²) in [6, 6.07) is 3.49. The van der Waals surface area contributed by atoms with Crippen LogP contribution in [-0.4, -0.2) is 22.8 Å². The first-order chi connectivity index (χ1) is 10.6. The molecule has 0 spiro atoms. The van der Waals surface area contributed by atoms with Gasteiger partial charge in [0.25, 0.3) is 0 Å². The molecule has 0 aliphatic carbocycles. The van der Waals surface area contributed by atoms with E-state index in [-0.39, 0.29) is 23.8 Å². The van der Waals surface area contributed by atoms with Crippen molar-refractivity contribution >= 4 is 5.91 Å². The van der Waals surface area contributed by atoms with E-state index in [4.69, 9.17) is 4.74 Å². The number of carbonyl (C=O) groups excluding carboxylic acids is 1. The van der Waals surface area contributed by atoms with Crippen LogP contribution in [0.4, 0.5) is 8.78 Å². The first-order valence-corrected chi connectivity index (χ1v) is 6.86. The topological polar surface area (TPSA) is 56.1 Å². The molecule has 0 radical (unpaired) electrons. The van der Waals surface area contributed by atoms with Gasteiger partial charge < -0.3 is 10.1 Å². The Morgan fingerprint density at radius 1 is 1.45 bits per heavy atom. The molecule has 0 saturated carbocycles. The summed E-state index contributed by atoms with van der Waals surface area (Å²) in [5, 5.41) is 6.55. The Hall–Kier alpha value is -2.44. The highest BCUT2D eigenvalue weighted by Gasteiger charge is 2.20. The molecule has 0 aliphatic rings. The van der Waals surface area contributed by atoms with Gasteiger partial charge in [0.05, 0.1) is 7.11 Å². The fourth-order valence-electron chi connectivity index (χ4n) is 2.15. The smallest absolute Gasteiger partial charge is 0.245 e. The summed E-state index contributed by atoms with van der Waals surface area (Å²) in [5.74, 6) is -1.96. The lowest BCUT2D eigenvalue weighted by Crippen LogP contribution is -2.32. The van der Waals surface area contributed by atoms with E-state index < -0.39 is 17.7 Å². The zero-order valence-corrected chi connectivity index (χ0v) is 12.3. The minimum absolute atomic E-state index is 0.0650. The highest BCUT2D eigenvalue weighted by Crippen LogP contribution is 2.23. The van der Waals surface area contributed by atoms with Crippen molar-refractivity contribution in [2.75, 3.05) is 7.11 Å². The van der Waals surface area contributed by atoms with Gasteiger partial charge in [0.15, 0.2) is 11.6 Å². The van der Waals surface area contributed by atoms with Gasteiger partial charge in [-0.3, -0.25) is 9.48 Å². The Morgan fingerprint density at radius 2 is 2.23 bits per heavy atom. The average Bonchev–Trinajstić information content (AvgIpc) is 3.02. The zero-order valence-electron chi connectivity index (χ0n) is 12.3. The SMILES string of the molecule is CC[C@H](C(=O)NCc1c(F)ccc(OC)c1F)n1cccn1. The fourth-order valence-corrected chi connectivity index (χ4v) is 2.15. The highest BCUT2D eigenvalue weighted by atomic mass is 19.1. The van der Waals surface area contributed by atoms with Gasteiger partial charge in [-0.25, -0.2) is 8.78 Å². The summed E-state index contributed by atoms with van der Waals surface area (Å²) in [6.07, 6.45) is 3.74. The van der Waals surface area contributed by atoms with Gasteiger partial charge >= 0.3 is 0 Å². The summed E-state index contributed by atoms with van der Waals surface area (Å²) in [5.41, 5.74) is -0.233. The molecular weight excluding hydrogens is 292 g/mol. The fraction of sp³-hybridized carbons (Fsp3) is 0.333. The largest absolute Gasteiger partial charge is 0.494 e. The predicted octanol–water partition coefficient (Wildman–Crippen LogP) is 2.44. The normalized spacial score (nSPS) is 12.0. The molecular formula is C15H17F2N3O2. The number of hydrogen-bond donors (Lipinski definition) is 1. The third-order valence-electron chi connectivity index (χ3n) is 3.34. The minimum Gasteiger partial charge on any atom is -0.494 e. The number of methoxy groups -OCH3 is 1. The lowest BCUT2D eigenvalue weighted by molar-refractivity contribution is -0.124. The first-order valence-electron chi connectivity index (χ1n) is 6.86. The second kappa shape index (κ2) is 7.02. The number of ether oxygens (including phenoxy) is 1. The molecule has 0 fully saturated rings. The quantitative estimate of drug-likeness (QED) is 0.891. The summed E-state index contributed by atoms with van der Waals surface area (Å²) in [7, 11) is 1.30. The van der Waals surface area contributed by atoms with Crippen LogP contribution in [0.2, 0.25) is 0 Å². The summed E-state index contributed by atoms with van der Waals surface area (Å²) in [6.45, 7) is 1.57. The molecule has 0 unspecified atom stereocenters. The molecule has 7 heteroatoms. The van der Waals surface area contributed by atoms with Crippen LogP contribution in [0.5, 0.6) is 5.75 Å². The minimum atomic E-state index is -0.810. The molecule has 0 aliphatic heterocycles. The van der Waals surface area contributed by atoms with Crippen LogP contribution in [0.1, 0.15) is 24.9 Å². The van der Waals surface area contributed by atoms with Gasteiger partial charge in [-0.1, -0.05) is 6.92 Å². The second-order valence-electron chi connectivity index (χ2n) is 4.67. The molecule has 2 aromatic rings. The number of aromatic nitrogens is 2. The molecule has 1 aromatic heterocycles. The maximum absolute atomic E-state index is 14.0. The van der Waals surface area contributed by atoms with E-state index >= 15 is 0 Å². The maximum atomic E-state index is 14.0. The van der Waals surface area contributed by atoms with E-state index in [1.807, 2.05) is 6.92 Å². The maximum Gasteiger partial charge on any atom is 0.245 e. The van der Waals surface area contributed by atoms with Crippen molar-refractivity contribution in [3.63, 3.8) is 0 Å². The molecule has 22 heavy (non-hydrogen) atoms. The lowest BCUT2D eigenvalue weighted by atomic mass is 10.1. The second-order valence-corrected chi connectivity index (χ2v) is 4.67. The number of rotatable bonds is 6. The Morgan fingerprint density at radius 3 is 2.82 bits per heavy atom. The Balaban J connectivity index is 2.11. The lowest BCUT2D eigenvalue weighted by Gasteiger charge is -2.16. The van der Waals surface area contributed by atoms with Crippen LogP contribution in [0.15, 0.2) is 30.6 Å². The molecule has 5 nitrogen and oxygen atoms in total. The third kappa shape index (κ3) is 3.24. The standard InChI is InChI=1S/C15H17F2N3O2/c1-3-12(20-8-4-7-19-20)15(21)18-9-10-11(16)5-6-13(22-2)14(10)17/h4-8,12H,3,9H2,1-2H3,(H,18,21)/t12-/m1/s1. The number of benzene rings is 1. The van der Waals surface area contributed by atoms with E-state index in [1.165, 1.54) is 17.9 Å². The number of halogens is 2. The van der Waals surface area contributed by atoms with Crippen LogP contribution in [-0.2, 0) is 11.3 Å². The molecule has 0 saturated heterocycles. The third-order valence-corrected chi connectivity index (χ3v) is 3.34. The van der Waals surface area contributed by atoms with Gasteiger partial charge in [0.2, 0.25) is 5.91 Å². The monoisotopic (exact) mass is 309 g/mol. The van der Waals surface area contributed by atoms with Gasteiger partial charge in [-0.2, -0.15) is 5.10 Å². The van der Waals surface area contributed by atoms with Crippen molar-refractivity contribution in [2.45, 2.75) is 25.9 Å². The summed E-state index contributed by atoms with van der Waals surface area (Å²) in [4.78, 5) is 12.2. The Bertz CT molecular complexity index is 644. The Kier molecular flexibility index (Phi) is 5.08. The number of hydrogen-bond acceptors (Lipinski definition) is 3. The molecule has 0 bridgehead atoms. The van der Waals surface area contributed by atoms with Crippen molar-refractivity contribution in [2.24, 2.45) is 0 Å². The molecule has 1 amide bonds. The molecule has 1 aromatic carbocycles. The van der Waals surface area contributed by atoms with E-state index in [9.17, 15) is 13.6 Å². The van der Waals surface area contributed by atoms with Gasteiger partial charge in [0, 0.05) is 24.5 Å². The van der Waals surface area contributed by atoms with Crippen LogP contribution in [0, 0.1) is 11.6 Å². The first kappa shape index (κ1) is 15.9. The van der Waals surface area contributed by atoms with Crippen molar-refractivity contribution < 1.29 is 18.3 Å². The van der Waals surface area contributed by atoms with Gasteiger partial charge in [-0.05, 0) is 24.6 Å². The van der Waals surface area contributed by atoms with Crippen LogP contribution < -0.4 is 10.1 Å². The number of nitrogens with zero attached hydrogens (tertiary/aromatic N) is 2. The van der Waals surface area contributed by atoms with E-state index in [0.29, 0.717) is 6.42 Å². The average molecular weight is 309 g/mol. The van der Waals surface area contributed by atoms with Crippen LogP contribution >= 0.6 is 0 Å². The molecule has 1 N–H and O–H groups in total. The highest BCUT2D eigenvalue weighted by molar-refractivity contribution is 5.80. The van der Waals surface area contributed by atoms with Crippen molar-refractivity contribution in [3.8, 4) is 5.75 Å². The van der Waals surface area contributed by atoms with Gasteiger partial charge in [-0.15, -0.1) is 0 Å². The number of nitrogens with one attached hydrogen (secondary N) is 1. The molecule has 1 atom stereocenters. The number of carbonyl (C=O) groups is 1. The van der Waals surface area contributed by atoms with E-state index in [0.717, 1.165) is 6.07 Å². The van der Waals surface area contributed by atoms with Crippen molar-refractivity contribution in [1.29, 1.82) is 0 Å². The number of amides is 1. The van der Waals surface area contributed by atoms with Crippen molar-refractivity contribution in [3.05, 3.63) is 47.8 Å². The van der Waals surface area contributed by atoms with E-state index in [2.05, 4.69) is 10.4 Å².